The summed E-state index contributed by atoms with van der Waals surface area (Å²) in [4.78, 5) is 11.1. The van der Waals surface area contributed by atoms with Crippen LogP contribution in [0.5, 0.6) is 0 Å². The molecule has 0 aliphatic rings. The van der Waals surface area contributed by atoms with Crippen molar-refractivity contribution in [1.82, 2.24) is 0 Å². The lowest BCUT2D eigenvalue weighted by Crippen LogP contribution is -2.48. The van der Waals surface area contributed by atoms with Crippen LogP contribution in [0.25, 0.3) is 0 Å². The summed E-state index contributed by atoms with van der Waals surface area (Å²) in [5.41, 5.74) is 9.97. The second kappa shape index (κ2) is 8.46. The molecule has 7 heteroatoms. The predicted molar refractivity (Wildman–Crippen MR) is 66.3 cm³/mol. The summed E-state index contributed by atoms with van der Waals surface area (Å²) in [5.74, 6) is -1.00. The van der Waals surface area contributed by atoms with Gasteiger partial charge >= 0.3 is 13.1 Å². The molecule has 0 amide bonds. The standard InChI is InChI=1S/C10H23BN2O4/c12-8-4-2-6-10(13,9(14)15)5-1-3-7-11(16)17/h16-17H,1-8,12-13H2,(H,14,15). The number of carboxylic acid groups (broad SMARTS) is 1. The quantitative estimate of drug-likeness (QED) is 0.262. The van der Waals surface area contributed by atoms with Crippen molar-refractivity contribution in [3.8, 4) is 0 Å². The molecule has 0 aliphatic carbocycles. The molecule has 7 N–H and O–H groups in total. The maximum absolute atomic E-state index is 11.1. The van der Waals surface area contributed by atoms with Crippen molar-refractivity contribution < 1.29 is 19.9 Å². The van der Waals surface area contributed by atoms with Crippen molar-refractivity contribution in [1.29, 1.82) is 0 Å². The molecule has 100 valence electrons. The van der Waals surface area contributed by atoms with E-state index in [1.165, 1.54) is 0 Å². The maximum atomic E-state index is 11.1. The molecule has 0 saturated carbocycles. The van der Waals surface area contributed by atoms with Gasteiger partial charge in [0, 0.05) is 0 Å². The first-order valence-electron chi connectivity index (χ1n) is 6.01. The van der Waals surface area contributed by atoms with Crippen molar-refractivity contribution in [2.24, 2.45) is 11.5 Å². The molecule has 0 saturated heterocycles. The highest BCUT2D eigenvalue weighted by molar-refractivity contribution is 6.40. The molecular formula is C10H23BN2O4. The van der Waals surface area contributed by atoms with E-state index in [1.54, 1.807) is 0 Å². The number of hydrogen-bond donors (Lipinski definition) is 5. The summed E-state index contributed by atoms with van der Waals surface area (Å²) in [7, 11) is -1.33. The Balaban J connectivity index is 3.99. The zero-order valence-corrected chi connectivity index (χ0v) is 10.1. The highest BCUT2D eigenvalue weighted by Gasteiger charge is 2.32. The van der Waals surface area contributed by atoms with Crippen molar-refractivity contribution >= 4 is 13.1 Å². The first kappa shape index (κ1) is 16.4. The predicted octanol–water partition coefficient (Wildman–Crippen LogP) is -0.459. The van der Waals surface area contributed by atoms with Crippen LogP contribution in [0.4, 0.5) is 0 Å². The van der Waals surface area contributed by atoms with Gasteiger partial charge in [0.15, 0.2) is 0 Å². The molecule has 0 radical (unpaired) electrons. The van der Waals surface area contributed by atoms with E-state index in [2.05, 4.69) is 0 Å². The fraction of sp³-hybridized carbons (Fsp3) is 0.900. The van der Waals surface area contributed by atoms with E-state index in [0.717, 1.165) is 6.42 Å². The molecular weight excluding hydrogens is 223 g/mol. The van der Waals surface area contributed by atoms with Crippen LogP contribution in [0.1, 0.15) is 38.5 Å². The average molecular weight is 246 g/mol. The van der Waals surface area contributed by atoms with Gasteiger partial charge in [-0.15, -0.1) is 0 Å². The monoisotopic (exact) mass is 246 g/mol. The lowest BCUT2D eigenvalue weighted by Gasteiger charge is -2.24. The third-order valence-electron chi connectivity index (χ3n) is 2.84. The van der Waals surface area contributed by atoms with E-state index in [0.29, 0.717) is 38.6 Å². The van der Waals surface area contributed by atoms with E-state index in [9.17, 15) is 4.79 Å². The van der Waals surface area contributed by atoms with Gasteiger partial charge in [-0.25, -0.2) is 0 Å². The molecule has 17 heavy (non-hydrogen) atoms. The molecule has 0 aromatic heterocycles. The topological polar surface area (TPSA) is 130 Å². The van der Waals surface area contributed by atoms with Gasteiger partial charge in [0.05, 0.1) is 0 Å². The first-order chi connectivity index (χ1) is 7.92. The number of nitrogens with two attached hydrogens (primary N) is 2. The molecule has 0 spiro atoms. The van der Waals surface area contributed by atoms with Gasteiger partial charge in [-0.05, 0) is 38.5 Å². The Bertz CT molecular complexity index is 228. The Morgan fingerprint density at radius 2 is 1.65 bits per heavy atom. The van der Waals surface area contributed by atoms with Crippen LogP contribution in [0.3, 0.4) is 0 Å². The Hall–Kier alpha value is -0.625. The Labute approximate surface area is 102 Å². The fourth-order valence-corrected chi connectivity index (χ4v) is 1.69. The third kappa shape index (κ3) is 7.33. The van der Waals surface area contributed by atoms with E-state index >= 15 is 0 Å². The summed E-state index contributed by atoms with van der Waals surface area (Å²) in [6.07, 6.45) is 3.59. The summed E-state index contributed by atoms with van der Waals surface area (Å²) < 4.78 is 0. The number of carbonyl (C=O) groups is 1. The van der Waals surface area contributed by atoms with Gasteiger partial charge in [0.2, 0.25) is 0 Å². The minimum atomic E-state index is -1.33. The van der Waals surface area contributed by atoms with Crippen LogP contribution in [0, 0.1) is 0 Å². The lowest BCUT2D eigenvalue weighted by atomic mass is 9.81. The fourth-order valence-electron chi connectivity index (χ4n) is 1.69. The molecule has 6 nitrogen and oxygen atoms in total. The minimum Gasteiger partial charge on any atom is -0.480 e. The molecule has 0 bridgehead atoms. The molecule has 1 atom stereocenters. The summed E-state index contributed by atoms with van der Waals surface area (Å²) in [6.45, 7) is 0.534. The largest absolute Gasteiger partial charge is 0.480 e. The van der Waals surface area contributed by atoms with Gasteiger partial charge in [0.25, 0.3) is 0 Å². The second-order valence-electron chi connectivity index (χ2n) is 4.43. The van der Waals surface area contributed by atoms with Gasteiger partial charge < -0.3 is 26.6 Å². The van der Waals surface area contributed by atoms with Gasteiger partial charge in [0.1, 0.15) is 5.54 Å². The van der Waals surface area contributed by atoms with Crippen molar-refractivity contribution in [3.05, 3.63) is 0 Å². The molecule has 0 aliphatic heterocycles. The summed E-state index contributed by atoms with van der Waals surface area (Å²) in [5, 5.41) is 26.4. The van der Waals surface area contributed by atoms with Crippen molar-refractivity contribution in [3.63, 3.8) is 0 Å². The normalized spacial score (nSPS) is 14.4. The zero-order valence-electron chi connectivity index (χ0n) is 10.1. The number of aliphatic carboxylic acids is 1. The molecule has 0 heterocycles. The Morgan fingerprint density at radius 3 is 2.06 bits per heavy atom. The highest BCUT2D eigenvalue weighted by atomic mass is 16.4. The van der Waals surface area contributed by atoms with E-state index in [-0.39, 0.29) is 6.32 Å². The smallest absolute Gasteiger partial charge is 0.451 e. The lowest BCUT2D eigenvalue weighted by molar-refractivity contribution is -0.144. The van der Waals surface area contributed by atoms with Crippen molar-refractivity contribution in [2.75, 3.05) is 6.54 Å². The van der Waals surface area contributed by atoms with E-state index in [4.69, 9.17) is 26.6 Å². The summed E-state index contributed by atoms with van der Waals surface area (Å²) in [6, 6.07) is 0. The molecule has 0 aromatic carbocycles. The average Bonchev–Trinajstić information content (AvgIpc) is 2.24. The zero-order chi connectivity index (χ0) is 13.3. The van der Waals surface area contributed by atoms with Gasteiger partial charge in [-0.1, -0.05) is 12.8 Å². The van der Waals surface area contributed by atoms with E-state index < -0.39 is 18.6 Å². The molecule has 0 rings (SSSR count). The van der Waals surface area contributed by atoms with Crippen LogP contribution in [-0.4, -0.2) is 40.3 Å². The van der Waals surface area contributed by atoms with Crippen molar-refractivity contribution in [2.45, 2.75) is 50.4 Å². The van der Waals surface area contributed by atoms with Crippen LogP contribution < -0.4 is 11.5 Å². The Kier molecular flexibility index (Phi) is 8.15. The molecule has 1 unspecified atom stereocenters. The van der Waals surface area contributed by atoms with E-state index in [1.807, 2.05) is 0 Å². The van der Waals surface area contributed by atoms with Gasteiger partial charge in [-0.3, -0.25) is 4.79 Å². The maximum Gasteiger partial charge on any atom is 0.451 e. The summed E-state index contributed by atoms with van der Waals surface area (Å²) >= 11 is 0. The van der Waals surface area contributed by atoms with Crippen LogP contribution in [0.15, 0.2) is 0 Å². The molecule has 0 fully saturated rings. The SMILES string of the molecule is NCCCCC(N)(CCCCB(O)O)C(=O)O. The number of carboxylic acids is 1. The number of rotatable bonds is 10. The van der Waals surface area contributed by atoms with Gasteiger partial charge in [-0.2, -0.15) is 0 Å². The van der Waals surface area contributed by atoms with Crippen LogP contribution in [-0.2, 0) is 4.79 Å². The first-order valence-corrected chi connectivity index (χ1v) is 6.01. The third-order valence-corrected chi connectivity index (χ3v) is 2.84. The Morgan fingerprint density at radius 1 is 1.12 bits per heavy atom. The molecule has 0 aromatic rings. The number of hydrogen-bond acceptors (Lipinski definition) is 5. The highest BCUT2D eigenvalue weighted by Crippen LogP contribution is 2.20. The number of unbranched alkanes of at least 4 members (excludes halogenated alkanes) is 2. The second-order valence-corrected chi connectivity index (χ2v) is 4.43. The van der Waals surface area contributed by atoms with Crippen LogP contribution in [0.2, 0.25) is 6.32 Å². The van der Waals surface area contributed by atoms with Crippen LogP contribution >= 0.6 is 0 Å². The minimum absolute atomic E-state index is 0.249.